The third kappa shape index (κ3) is 4.85. The SMILES string of the molecule is CCc1nn(C)cc1CNC(=O)NC(CCO)C(C)C. The highest BCUT2D eigenvalue weighted by molar-refractivity contribution is 5.74. The standard InChI is InChI=1S/C14H26N4O2/c1-5-12-11(9-18(4)17-12)8-15-14(20)16-13(6-7-19)10(2)3/h9-10,13,19H,5-8H2,1-4H3,(H2,15,16,20). The molecule has 3 N–H and O–H groups in total. The Morgan fingerprint density at radius 3 is 2.75 bits per heavy atom. The molecule has 0 spiro atoms. The molecule has 0 fully saturated rings. The maximum absolute atomic E-state index is 11.9. The number of aliphatic hydroxyl groups is 1. The van der Waals surface area contributed by atoms with Crippen molar-refractivity contribution in [3.63, 3.8) is 0 Å². The molecule has 0 saturated heterocycles. The van der Waals surface area contributed by atoms with Gasteiger partial charge in [0.2, 0.25) is 0 Å². The Morgan fingerprint density at radius 1 is 1.50 bits per heavy atom. The third-order valence-electron chi connectivity index (χ3n) is 3.33. The van der Waals surface area contributed by atoms with Gasteiger partial charge in [0.05, 0.1) is 5.69 Å². The van der Waals surface area contributed by atoms with Gasteiger partial charge in [-0.25, -0.2) is 4.79 Å². The van der Waals surface area contributed by atoms with Crippen molar-refractivity contribution in [3.05, 3.63) is 17.5 Å². The molecule has 20 heavy (non-hydrogen) atoms. The first-order valence-corrected chi connectivity index (χ1v) is 7.14. The number of nitrogens with one attached hydrogen (secondary N) is 2. The quantitative estimate of drug-likeness (QED) is 0.703. The topological polar surface area (TPSA) is 79.2 Å². The van der Waals surface area contributed by atoms with E-state index in [9.17, 15) is 4.79 Å². The van der Waals surface area contributed by atoms with Crippen LogP contribution in [0.1, 0.15) is 38.4 Å². The number of carbonyl (C=O) groups is 1. The second-order valence-corrected chi connectivity index (χ2v) is 5.32. The van der Waals surface area contributed by atoms with Crippen molar-refractivity contribution < 1.29 is 9.90 Å². The van der Waals surface area contributed by atoms with Crippen LogP contribution in [-0.2, 0) is 20.0 Å². The smallest absolute Gasteiger partial charge is 0.315 e. The molecule has 1 atom stereocenters. The van der Waals surface area contributed by atoms with E-state index >= 15 is 0 Å². The number of hydrogen-bond acceptors (Lipinski definition) is 3. The molecule has 0 aliphatic rings. The number of nitrogens with zero attached hydrogens (tertiary/aromatic N) is 2. The number of rotatable bonds is 7. The molecule has 1 aromatic rings. The lowest BCUT2D eigenvalue weighted by molar-refractivity contribution is 0.218. The van der Waals surface area contributed by atoms with Crippen LogP contribution >= 0.6 is 0 Å². The Balaban J connectivity index is 2.50. The largest absolute Gasteiger partial charge is 0.396 e. The van der Waals surface area contributed by atoms with E-state index in [2.05, 4.69) is 15.7 Å². The van der Waals surface area contributed by atoms with Gasteiger partial charge in [-0.2, -0.15) is 5.10 Å². The monoisotopic (exact) mass is 282 g/mol. The molecule has 1 heterocycles. The summed E-state index contributed by atoms with van der Waals surface area (Å²) >= 11 is 0. The number of aryl methyl sites for hydroxylation is 2. The summed E-state index contributed by atoms with van der Waals surface area (Å²) in [5.41, 5.74) is 2.04. The molecule has 2 amide bonds. The van der Waals surface area contributed by atoms with Crippen molar-refractivity contribution in [2.45, 2.75) is 46.2 Å². The Hall–Kier alpha value is -1.56. The molecule has 0 saturated carbocycles. The molecule has 0 aliphatic heterocycles. The summed E-state index contributed by atoms with van der Waals surface area (Å²) in [4.78, 5) is 11.9. The maximum atomic E-state index is 11.9. The lowest BCUT2D eigenvalue weighted by atomic mass is 10.0. The fraction of sp³-hybridized carbons (Fsp3) is 0.714. The highest BCUT2D eigenvalue weighted by atomic mass is 16.3. The predicted molar refractivity (Wildman–Crippen MR) is 78.3 cm³/mol. The zero-order chi connectivity index (χ0) is 15.1. The van der Waals surface area contributed by atoms with Crippen LogP contribution in [0.4, 0.5) is 4.79 Å². The Bertz CT molecular complexity index is 429. The van der Waals surface area contributed by atoms with Crippen LogP contribution in [0.2, 0.25) is 0 Å². The van der Waals surface area contributed by atoms with E-state index in [1.807, 2.05) is 34.0 Å². The zero-order valence-electron chi connectivity index (χ0n) is 12.8. The van der Waals surface area contributed by atoms with Gasteiger partial charge in [-0.15, -0.1) is 0 Å². The molecule has 6 heteroatoms. The summed E-state index contributed by atoms with van der Waals surface area (Å²) in [5, 5.41) is 19.1. The highest BCUT2D eigenvalue weighted by Gasteiger charge is 2.15. The van der Waals surface area contributed by atoms with E-state index in [4.69, 9.17) is 5.11 Å². The molecule has 0 bridgehead atoms. The normalized spacial score (nSPS) is 12.5. The average molecular weight is 282 g/mol. The fourth-order valence-electron chi connectivity index (χ4n) is 2.14. The number of amides is 2. The molecule has 0 aromatic carbocycles. The van der Waals surface area contributed by atoms with Crippen molar-refractivity contribution in [1.82, 2.24) is 20.4 Å². The van der Waals surface area contributed by atoms with Gasteiger partial charge in [0.1, 0.15) is 0 Å². The van der Waals surface area contributed by atoms with Gasteiger partial charge in [0, 0.05) is 38.0 Å². The van der Waals surface area contributed by atoms with Gasteiger partial charge in [0.15, 0.2) is 0 Å². The molecular weight excluding hydrogens is 256 g/mol. The van der Waals surface area contributed by atoms with E-state index in [1.165, 1.54) is 0 Å². The number of hydrogen-bond donors (Lipinski definition) is 3. The second kappa shape index (κ2) is 7.89. The average Bonchev–Trinajstić information content (AvgIpc) is 2.76. The Kier molecular flexibility index (Phi) is 6.51. The van der Waals surface area contributed by atoms with Crippen molar-refractivity contribution in [2.75, 3.05) is 6.61 Å². The van der Waals surface area contributed by atoms with Gasteiger partial charge in [-0.05, 0) is 18.8 Å². The van der Waals surface area contributed by atoms with Crippen LogP contribution in [0.15, 0.2) is 6.20 Å². The summed E-state index contributed by atoms with van der Waals surface area (Å²) < 4.78 is 1.76. The first kappa shape index (κ1) is 16.5. The molecule has 0 radical (unpaired) electrons. The van der Waals surface area contributed by atoms with Crippen LogP contribution < -0.4 is 10.6 Å². The molecule has 1 rings (SSSR count). The van der Waals surface area contributed by atoms with Gasteiger partial charge in [-0.1, -0.05) is 20.8 Å². The number of carbonyl (C=O) groups excluding carboxylic acids is 1. The van der Waals surface area contributed by atoms with Crippen LogP contribution in [0.5, 0.6) is 0 Å². The first-order valence-electron chi connectivity index (χ1n) is 7.14. The van der Waals surface area contributed by atoms with Crippen LogP contribution in [0.3, 0.4) is 0 Å². The maximum Gasteiger partial charge on any atom is 0.315 e. The van der Waals surface area contributed by atoms with E-state index in [1.54, 1.807) is 4.68 Å². The lowest BCUT2D eigenvalue weighted by Crippen LogP contribution is -2.44. The minimum absolute atomic E-state index is 0.0143. The molecular formula is C14H26N4O2. The van der Waals surface area contributed by atoms with Gasteiger partial charge in [0.25, 0.3) is 0 Å². The molecule has 1 unspecified atom stereocenters. The fourth-order valence-corrected chi connectivity index (χ4v) is 2.14. The van der Waals surface area contributed by atoms with Crippen molar-refractivity contribution in [1.29, 1.82) is 0 Å². The Labute approximate surface area is 120 Å². The van der Waals surface area contributed by atoms with E-state index < -0.39 is 0 Å². The number of aromatic nitrogens is 2. The van der Waals surface area contributed by atoms with Gasteiger partial charge in [-0.3, -0.25) is 4.68 Å². The van der Waals surface area contributed by atoms with Crippen LogP contribution in [-0.4, -0.2) is 33.6 Å². The van der Waals surface area contributed by atoms with Crippen molar-refractivity contribution >= 4 is 6.03 Å². The summed E-state index contributed by atoms with van der Waals surface area (Å²) in [5.74, 6) is 0.289. The van der Waals surface area contributed by atoms with Crippen molar-refractivity contribution in [2.24, 2.45) is 13.0 Å². The van der Waals surface area contributed by atoms with Crippen molar-refractivity contribution in [3.8, 4) is 0 Å². The number of aliphatic hydroxyl groups excluding tert-OH is 1. The highest BCUT2D eigenvalue weighted by Crippen LogP contribution is 2.07. The summed E-state index contributed by atoms with van der Waals surface area (Å²) in [6, 6.07) is -0.220. The second-order valence-electron chi connectivity index (χ2n) is 5.32. The van der Waals surface area contributed by atoms with Gasteiger partial charge >= 0.3 is 6.03 Å². The molecule has 114 valence electrons. The first-order chi connectivity index (χ1) is 9.47. The predicted octanol–water partition coefficient (Wildman–Crippen LogP) is 1.19. The summed E-state index contributed by atoms with van der Waals surface area (Å²) in [6.45, 7) is 6.63. The summed E-state index contributed by atoms with van der Waals surface area (Å²) in [6.07, 6.45) is 3.34. The Morgan fingerprint density at radius 2 is 2.20 bits per heavy atom. The van der Waals surface area contributed by atoms with E-state index in [0.717, 1.165) is 17.7 Å². The number of urea groups is 1. The lowest BCUT2D eigenvalue weighted by Gasteiger charge is -2.21. The zero-order valence-corrected chi connectivity index (χ0v) is 12.8. The molecule has 6 nitrogen and oxygen atoms in total. The summed E-state index contributed by atoms with van der Waals surface area (Å²) in [7, 11) is 1.87. The third-order valence-corrected chi connectivity index (χ3v) is 3.33. The van der Waals surface area contributed by atoms with Gasteiger partial charge < -0.3 is 15.7 Å². The van der Waals surface area contributed by atoms with E-state index in [-0.39, 0.29) is 24.6 Å². The minimum Gasteiger partial charge on any atom is -0.396 e. The molecule has 0 aliphatic carbocycles. The minimum atomic E-state index is -0.206. The molecule has 1 aromatic heterocycles. The van der Waals surface area contributed by atoms with E-state index in [0.29, 0.717) is 13.0 Å². The van der Waals surface area contributed by atoms with Crippen LogP contribution in [0, 0.1) is 5.92 Å². The van der Waals surface area contributed by atoms with Crippen LogP contribution in [0.25, 0.3) is 0 Å².